The zero-order valence-electron chi connectivity index (χ0n) is 17.4. The van der Waals surface area contributed by atoms with Gasteiger partial charge < -0.3 is 19.7 Å². The van der Waals surface area contributed by atoms with Crippen LogP contribution < -0.4 is 14.8 Å². The van der Waals surface area contributed by atoms with Crippen molar-refractivity contribution in [2.24, 2.45) is 0 Å². The third-order valence-electron chi connectivity index (χ3n) is 4.72. The summed E-state index contributed by atoms with van der Waals surface area (Å²) in [5.41, 5.74) is 2.83. The van der Waals surface area contributed by atoms with Gasteiger partial charge in [0.2, 0.25) is 0 Å². The quantitative estimate of drug-likeness (QED) is 0.620. The van der Waals surface area contributed by atoms with Gasteiger partial charge in [-0.05, 0) is 60.5 Å². The van der Waals surface area contributed by atoms with Crippen LogP contribution in [0.5, 0.6) is 11.5 Å². The van der Waals surface area contributed by atoms with Crippen LogP contribution in [0.25, 0.3) is 0 Å². The number of rotatable bonds is 7. The molecule has 1 aromatic heterocycles. The minimum Gasteiger partial charge on any atom is -0.493 e. The Morgan fingerprint density at radius 1 is 1.10 bits per heavy atom. The number of carbonyl (C=O) groups is 1. The number of methoxy groups -OCH3 is 2. The molecule has 0 radical (unpaired) electrons. The van der Waals surface area contributed by atoms with E-state index >= 15 is 0 Å². The minimum atomic E-state index is -0.371. The Morgan fingerprint density at radius 2 is 1.83 bits per heavy atom. The largest absolute Gasteiger partial charge is 0.493 e. The van der Waals surface area contributed by atoms with Crippen LogP contribution in [0.4, 0.5) is 15.9 Å². The van der Waals surface area contributed by atoms with Gasteiger partial charge in [-0.15, -0.1) is 0 Å². The molecule has 1 N–H and O–H groups in total. The summed E-state index contributed by atoms with van der Waals surface area (Å²) in [4.78, 5) is 19.0. The summed E-state index contributed by atoms with van der Waals surface area (Å²) in [6.07, 6.45) is 1.58. The van der Waals surface area contributed by atoms with E-state index in [0.717, 1.165) is 11.1 Å². The number of carbonyl (C=O) groups excluding carboxylic acids is 1. The molecule has 0 fully saturated rings. The molecule has 0 saturated carbocycles. The number of aromatic nitrogens is 1. The minimum absolute atomic E-state index is 0.212. The normalized spacial score (nSPS) is 10.4. The van der Waals surface area contributed by atoms with Gasteiger partial charge in [0.1, 0.15) is 11.6 Å². The van der Waals surface area contributed by atoms with E-state index < -0.39 is 0 Å². The van der Waals surface area contributed by atoms with E-state index in [1.165, 1.54) is 12.1 Å². The zero-order chi connectivity index (χ0) is 21.7. The molecular weight excluding hydrogens is 385 g/mol. The fourth-order valence-electron chi connectivity index (χ4n) is 3.11. The Labute approximate surface area is 175 Å². The van der Waals surface area contributed by atoms with Crippen LogP contribution in [0.1, 0.15) is 21.5 Å². The molecule has 0 spiro atoms. The van der Waals surface area contributed by atoms with E-state index in [-0.39, 0.29) is 11.7 Å². The van der Waals surface area contributed by atoms with Crippen molar-refractivity contribution in [3.63, 3.8) is 0 Å². The Balaban J connectivity index is 1.83. The Kier molecular flexibility index (Phi) is 6.51. The lowest BCUT2D eigenvalue weighted by molar-refractivity contribution is 0.0785. The first kappa shape index (κ1) is 21.1. The molecule has 2 aromatic carbocycles. The van der Waals surface area contributed by atoms with E-state index in [1.54, 1.807) is 56.6 Å². The van der Waals surface area contributed by atoms with Crippen molar-refractivity contribution in [3.8, 4) is 11.5 Å². The van der Waals surface area contributed by atoms with Crippen molar-refractivity contribution in [2.45, 2.75) is 13.5 Å². The fraction of sp³-hybridized carbons (Fsp3) is 0.217. The highest BCUT2D eigenvalue weighted by atomic mass is 19.1. The molecular formula is C23H24FN3O3. The highest BCUT2D eigenvalue weighted by molar-refractivity contribution is 5.99. The average Bonchev–Trinajstić information content (AvgIpc) is 2.74. The predicted octanol–water partition coefficient (Wildman–Crippen LogP) is 4.56. The van der Waals surface area contributed by atoms with Gasteiger partial charge in [-0.1, -0.05) is 6.07 Å². The number of nitrogens with one attached hydrogen (secondary N) is 1. The molecule has 6 nitrogen and oxygen atoms in total. The highest BCUT2D eigenvalue weighted by Crippen LogP contribution is 2.31. The van der Waals surface area contributed by atoms with Crippen LogP contribution in [-0.4, -0.2) is 37.1 Å². The number of pyridine rings is 1. The highest BCUT2D eigenvalue weighted by Gasteiger charge is 2.19. The van der Waals surface area contributed by atoms with Crippen LogP contribution in [-0.2, 0) is 6.54 Å². The lowest BCUT2D eigenvalue weighted by Gasteiger charge is -2.21. The standard InChI is InChI=1S/C23H24FN3O3/c1-15-11-20(29-3)21(30-4)12-16(15)14-27(2)23(28)19-9-6-10-25-22(19)26-18-8-5-7-17(24)13-18/h5-13H,14H2,1-4H3,(H,25,26). The van der Waals surface area contributed by atoms with Gasteiger partial charge in [0, 0.05) is 25.5 Å². The van der Waals surface area contributed by atoms with Gasteiger partial charge >= 0.3 is 0 Å². The van der Waals surface area contributed by atoms with Crippen molar-refractivity contribution in [2.75, 3.05) is 26.6 Å². The molecule has 0 saturated heterocycles. The number of nitrogens with zero attached hydrogens (tertiary/aromatic N) is 2. The summed E-state index contributed by atoms with van der Waals surface area (Å²) in [6.45, 7) is 2.33. The van der Waals surface area contributed by atoms with E-state index in [0.29, 0.717) is 35.1 Å². The summed E-state index contributed by atoms with van der Waals surface area (Å²) in [6, 6.07) is 13.1. The first-order chi connectivity index (χ1) is 14.4. The van der Waals surface area contributed by atoms with E-state index in [1.807, 2.05) is 19.1 Å². The number of benzene rings is 2. The predicted molar refractivity (Wildman–Crippen MR) is 114 cm³/mol. The van der Waals surface area contributed by atoms with Crippen molar-refractivity contribution >= 4 is 17.4 Å². The Bertz CT molecular complexity index is 1060. The lowest BCUT2D eigenvalue weighted by atomic mass is 10.1. The number of hydrogen-bond acceptors (Lipinski definition) is 5. The van der Waals surface area contributed by atoms with Gasteiger partial charge in [0.15, 0.2) is 11.5 Å². The first-order valence-corrected chi connectivity index (χ1v) is 9.37. The molecule has 7 heteroatoms. The molecule has 3 rings (SSSR count). The molecule has 0 aliphatic carbocycles. The van der Waals surface area contributed by atoms with Crippen molar-refractivity contribution < 1.29 is 18.7 Å². The molecule has 1 heterocycles. The topological polar surface area (TPSA) is 63.7 Å². The second kappa shape index (κ2) is 9.26. The first-order valence-electron chi connectivity index (χ1n) is 9.37. The zero-order valence-corrected chi connectivity index (χ0v) is 17.4. The Morgan fingerprint density at radius 3 is 2.53 bits per heavy atom. The molecule has 0 atom stereocenters. The second-order valence-electron chi connectivity index (χ2n) is 6.83. The molecule has 1 amide bonds. The monoisotopic (exact) mass is 409 g/mol. The lowest BCUT2D eigenvalue weighted by Crippen LogP contribution is -2.27. The van der Waals surface area contributed by atoms with E-state index in [9.17, 15) is 9.18 Å². The van der Waals surface area contributed by atoms with Crippen LogP contribution in [0.3, 0.4) is 0 Å². The fourth-order valence-corrected chi connectivity index (χ4v) is 3.11. The molecule has 156 valence electrons. The van der Waals surface area contributed by atoms with Gasteiger partial charge in [-0.2, -0.15) is 0 Å². The number of halogens is 1. The van der Waals surface area contributed by atoms with Crippen LogP contribution in [0.2, 0.25) is 0 Å². The number of hydrogen-bond donors (Lipinski definition) is 1. The SMILES string of the molecule is COc1cc(C)c(CN(C)C(=O)c2cccnc2Nc2cccc(F)c2)cc1OC. The smallest absolute Gasteiger partial charge is 0.257 e. The van der Waals surface area contributed by atoms with E-state index in [2.05, 4.69) is 10.3 Å². The van der Waals surface area contributed by atoms with Crippen molar-refractivity contribution in [1.82, 2.24) is 9.88 Å². The van der Waals surface area contributed by atoms with E-state index in [4.69, 9.17) is 9.47 Å². The van der Waals surface area contributed by atoms with Crippen LogP contribution in [0.15, 0.2) is 54.7 Å². The summed E-state index contributed by atoms with van der Waals surface area (Å²) in [5, 5.41) is 3.02. The number of amides is 1. The molecule has 0 unspecified atom stereocenters. The maximum Gasteiger partial charge on any atom is 0.257 e. The number of ether oxygens (including phenoxy) is 2. The van der Waals surface area contributed by atoms with Gasteiger partial charge in [0.05, 0.1) is 19.8 Å². The third-order valence-corrected chi connectivity index (χ3v) is 4.72. The average molecular weight is 409 g/mol. The number of aryl methyl sites for hydroxylation is 1. The molecule has 0 bridgehead atoms. The summed E-state index contributed by atoms with van der Waals surface area (Å²) >= 11 is 0. The van der Waals surface area contributed by atoms with Crippen molar-refractivity contribution in [3.05, 3.63) is 77.2 Å². The van der Waals surface area contributed by atoms with Crippen molar-refractivity contribution in [1.29, 1.82) is 0 Å². The van der Waals surface area contributed by atoms with Crippen LogP contribution in [0, 0.1) is 12.7 Å². The van der Waals surface area contributed by atoms with Gasteiger partial charge in [-0.25, -0.2) is 9.37 Å². The molecule has 3 aromatic rings. The Hall–Kier alpha value is -3.61. The maximum absolute atomic E-state index is 13.5. The third kappa shape index (κ3) is 4.68. The summed E-state index contributed by atoms with van der Waals surface area (Å²) < 4.78 is 24.2. The maximum atomic E-state index is 13.5. The number of anilines is 2. The van der Waals surface area contributed by atoms with Gasteiger partial charge in [0.25, 0.3) is 5.91 Å². The molecule has 30 heavy (non-hydrogen) atoms. The second-order valence-corrected chi connectivity index (χ2v) is 6.83. The molecule has 0 aliphatic rings. The van der Waals surface area contributed by atoms with Gasteiger partial charge in [-0.3, -0.25) is 4.79 Å². The molecule has 0 aliphatic heterocycles. The summed E-state index contributed by atoms with van der Waals surface area (Å²) in [7, 11) is 4.88. The van der Waals surface area contributed by atoms with Crippen LogP contribution >= 0.6 is 0 Å². The summed E-state index contributed by atoms with van der Waals surface area (Å²) in [5.74, 6) is 1.03.